The van der Waals surface area contributed by atoms with Gasteiger partial charge in [0.1, 0.15) is 30.7 Å². The second-order valence-electron chi connectivity index (χ2n) is 8.34. The first-order chi connectivity index (χ1) is 12.9. The van der Waals surface area contributed by atoms with Crippen LogP contribution < -0.4 is 11.4 Å². The highest BCUT2D eigenvalue weighted by molar-refractivity contribution is 5.75. The molecule has 28 heavy (non-hydrogen) atoms. The van der Waals surface area contributed by atoms with Crippen LogP contribution in [-0.2, 0) is 29.5 Å². The summed E-state index contributed by atoms with van der Waals surface area (Å²) in [7, 11) is 0. The fourth-order valence-electron chi connectivity index (χ4n) is 3.24. The zero-order valence-corrected chi connectivity index (χ0v) is 16.5. The minimum absolute atomic E-state index is 0.0171. The first-order valence-corrected chi connectivity index (χ1v) is 8.87. The molecular weight excluding hydrogens is 368 g/mol. The number of nitriles is 1. The Labute approximate surface area is 162 Å². The Kier molecular flexibility index (Phi) is 4.74. The quantitative estimate of drug-likeness (QED) is 0.729. The third-order valence-electron chi connectivity index (χ3n) is 4.55. The number of carbonyl (C=O) groups excluding carboxylic acids is 1. The van der Waals surface area contributed by atoms with E-state index in [1.165, 1.54) is 12.3 Å². The summed E-state index contributed by atoms with van der Waals surface area (Å²) >= 11 is 0. The van der Waals surface area contributed by atoms with Crippen molar-refractivity contribution in [3.8, 4) is 6.07 Å². The number of hydrogen-bond acceptors (Lipinski definition) is 9. The molecule has 2 fully saturated rings. The first kappa shape index (κ1) is 20.3. The highest BCUT2D eigenvalue weighted by Crippen LogP contribution is 2.46. The van der Waals surface area contributed by atoms with Crippen LogP contribution in [0.3, 0.4) is 0 Å². The van der Waals surface area contributed by atoms with Crippen molar-refractivity contribution < 1.29 is 23.7 Å². The Hall–Kier alpha value is -2.48. The topological polar surface area (TPSA) is 139 Å². The number of nitrogen functional groups attached to an aromatic ring is 1. The van der Waals surface area contributed by atoms with Gasteiger partial charge in [-0.2, -0.15) is 10.2 Å². The van der Waals surface area contributed by atoms with Gasteiger partial charge >= 0.3 is 11.7 Å². The standard InChI is InChI=1S/C18H24N4O6/c1-16(2,3)14(23)25-8-10-12-13(28-17(4,5)27-12)18(9-19,26-10)22-7-6-11(20)21-15(22)24/h6-7,10,12-13H,8H2,1-5H3,(H2,20,21,24). The lowest BCUT2D eigenvalue weighted by atomic mass is 9.97. The molecule has 4 atom stereocenters. The van der Waals surface area contributed by atoms with Gasteiger partial charge in [0.05, 0.1) is 5.41 Å². The van der Waals surface area contributed by atoms with Crippen molar-refractivity contribution in [1.29, 1.82) is 5.26 Å². The molecule has 3 heterocycles. The molecule has 10 nitrogen and oxygen atoms in total. The largest absolute Gasteiger partial charge is 0.462 e. The van der Waals surface area contributed by atoms with Gasteiger partial charge in [0.15, 0.2) is 11.9 Å². The number of carbonyl (C=O) groups is 1. The van der Waals surface area contributed by atoms with E-state index in [2.05, 4.69) is 4.98 Å². The monoisotopic (exact) mass is 392 g/mol. The van der Waals surface area contributed by atoms with Gasteiger partial charge in [-0.05, 0) is 40.7 Å². The minimum atomic E-state index is -1.84. The second kappa shape index (κ2) is 6.55. The Morgan fingerprint density at radius 3 is 2.64 bits per heavy atom. The Bertz CT molecular complexity index is 883. The minimum Gasteiger partial charge on any atom is -0.462 e. The molecule has 2 aliphatic rings. The molecule has 2 N–H and O–H groups in total. The number of ether oxygens (including phenoxy) is 4. The lowest BCUT2D eigenvalue weighted by Crippen LogP contribution is -2.49. The van der Waals surface area contributed by atoms with Gasteiger partial charge in [0.25, 0.3) is 5.72 Å². The van der Waals surface area contributed by atoms with Gasteiger partial charge in [-0.3, -0.25) is 9.36 Å². The van der Waals surface area contributed by atoms with Crippen LogP contribution >= 0.6 is 0 Å². The van der Waals surface area contributed by atoms with Crippen molar-refractivity contribution in [1.82, 2.24) is 9.55 Å². The zero-order chi connectivity index (χ0) is 20.9. The highest BCUT2D eigenvalue weighted by atomic mass is 16.8. The molecule has 2 aliphatic heterocycles. The van der Waals surface area contributed by atoms with E-state index < -0.39 is 46.9 Å². The summed E-state index contributed by atoms with van der Waals surface area (Å²) in [5, 5.41) is 9.97. The molecule has 0 saturated carbocycles. The van der Waals surface area contributed by atoms with Crippen molar-refractivity contribution in [3.05, 3.63) is 22.7 Å². The predicted octanol–water partition coefficient (Wildman–Crippen LogP) is 0.510. The predicted molar refractivity (Wildman–Crippen MR) is 95.6 cm³/mol. The summed E-state index contributed by atoms with van der Waals surface area (Å²) in [6, 6.07) is 3.41. The lowest BCUT2D eigenvalue weighted by molar-refractivity contribution is -0.221. The normalized spacial score (nSPS) is 31.2. The average molecular weight is 392 g/mol. The SMILES string of the molecule is CC1(C)OC2C(COC(=O)C(C)(C)C)OC(C#N)(n3ccc(N)nc3=O)C2O1. The molecule has 0 aromatic carbocycles. The molecule has 2 saturated heterocycles. The smallest absolute Gasteiger partial charge is 0.352 e. The van der Waals surface area contributed by atoms with Crippen molar-refractivity contribution in [2.24, 2.45) is 5.41 Å². The third kappa shape index (κ3) is 3.37. The third-order valence-corrected chi connectivity index (χ3v) is 4.55. The maximum atomic E-state index is 12.4. The maximum Gasteiger partial charge on any atom is 0.352 e. The molecule has 0 radical (unpaired) electrons. The molecule has 0 amide bonds. The molecule has 4 unspecified atom stereocenters. The van der Waals surface area contributed by atoms with Crippen molar-refractivity contribution >= 4 is 11.8 Å². The van der Waals surface area contributed by atoms with Crippen LogP contribution in [0.2, 0.25) is 0 Å². The van der Waals surface area contributed by atoms with Gasteiger partial charge < -0.3 is 24.7 Å². The number of esters is 1. The Morgan fingerprint density at radius 1 is 1.39 bits per heavy atom. The Balaban J connectivity index is 1.97. The number of nitrogens with two attached hydrogens (primary N) is 1. The van der Waals surface area contributed by atoms with Crippen molar-refractivity contribution in [2.75, 3.05) is 12.3 Å². The number of hydrogen-bond donors (Lipinski definition) is 1. The van der Waals surface area contributed by atoms with Gasteiger partial charge in [-0.1, -0.05) is 0 Å². The molecule has 0 bridgehead atoms. The first-order valence-electron chi connectivity index (χ1n) is 8.87. The van der Waals surface area contributed by atoms with E-state index in [0.29, 0.717) is 0 Å². The van der Waals surface area contributed by atoms with Crippen LogP contribution in [0.4, 0.5) is 5.82 Å². The fourth-order valence-corrected chi connectivity index (χ4v) is 3.24. The number of anilines is 1. The Morgan fingerprint density at radius 2 is 2.07 bits per heavy atom. The number of nitrogens with zero attached hydrogens (tertiary/aromatic N) is 3. The second-order valence-corrected chi connectivity index (χ2v) is 8.34. The fraction of sp³-hybridized carbons (Fsp3) is 0.667. The lowest BCUT2D eigenvalue weighted by Gasteiger charge is -2.30. The van der Waals surface area contributed by atoms with E-state index in [9.17, 15) is 14.9 Å². The summed E-state index contributed by atoms with van der Waals surface area (Å²) < 4.78 is 24.1. The van der Waals surface area contributed by atoms with E-state index in [1.54, 1.807) is 34.6 Å². The molecule has 1 aromatic heterocycles. The van der Waals surface area contributed by atoms with Crippen LogP contribution in [0.1, 0.15) is 34.6 Å². The molecule has 1 aromatic rings. The van der Waals surface area contributed by atoms with Crippen LogP contribution in [0.25, 0.3) is 0 Å². The molecule has 0 aliphatic carbocycles. The van der Waals surface area contributed by atoms with Crippen LogP contribution in [0.15, 0.2) is 17.1 Å². The molecule has 10 heteroatoms. The molecule has 3 rings (SSSR count). The van der Waals surface area contributed by atoms with Crippen LogP contribution in [-0.4, -0.2) is 46.2 Å². The summed E-state index contributed by atoms with van der Waals surface area (Å²) in [5.41, 5.74) is 2.25. The van der Waals surface area contributed by atoms with E-state index >= 15 is 0 Å². The van der Waals surface area contributed by atoms with Crippen molar-refractivity contribution in [2.45, 2.75) is 64.4 Å². The van der Waals surface area contributed by atoms with E-state index in [-0.39, 0.29) is 12.4 Å². The molecular formula is C18H24N4O6. The number of rotatable bonds is 3. The van der Waals surface area contributed by atoms with Gasteiger partial charge in [-0.25, -0.2) is 4.79 Å². The van der Waals surface area contributed by atoms with Crippen LogP contribution in [0, 0.1) is 16.7 Å². The van der Waals surface area contributed by atoms with E-state index in [0.717, 1.165) is 4.57 Å². The van der Waals surface area contributed by atoms with Gasteiger partial charge in [-0.15, -0.1) is 0 Å². The van der Waals surface area contributed by atoms with E-state index in [4.69, 9.17) is 24.7 Å². The van der Waals surface area contributed by atoms with Crippen molar-refractivity contribution in [3.63, 3.8) is 0 Å². The summed E-state index contributed by atoms with van der Waals surface area (Å²) in [4.78, 5) is 28.2. The number of fused-ring (bicyclic) bond motifs is 1. The highest BCUT2D eigenvalue weighted by Gasteiger charge is 2.65. The number of aromatic nitrogens is 2. The maximum absolute atomic E-state index is 12.4. The summed E-state index contributed by atoms with van der Waals surface area (Å²) in [6.07, 6.45) is -1.16. The van der Waals surface area contributed by atoms with Gasteiger partial charge in [0.2, 0.25) is 0 Å². The van der Waals surface area contributed by atoms with E-state index in [1.807, 2.05) is 6.07 Å². The average Bonchev–Trinajstić information content (AvgIpc) is 3.04. The summed E-state index contributed by atoms with van der Waals surface area (Å²) in [5.74, 6) is -1.42. The molecule has 152 valence electrons. The zero-order valence-electron chi connectivity index (χ0n) is 16.5. The van der Waals surface area contributed by atoms with Crippen LogP contribution in [0.5, 0.6) is 0 Å². The molecule has 0 spiro atoms. The summed E-state index contributed by atoms with van der Waals surface area (Å²) in [6.45, 7) is 8.41. The van der Waals surface area contributed by atoms with Gasteiger partial charge in [0, 0.05) is 6.20 Å².